The van der Waals surface area contributed by atoms with Gasteiger partial charge in [-0.2, -0.15) is 23.4 Å². The Labute approximate surface area is 143 Å². The van der Waals surface area contributed by atoms with Crippen molar-refractivity contribution in [1.82, 2.24) is 24.9 Å². The lowest BCUT2D eigenvalue weighted by molar-refractivity contribution is -0.141. The molecule has 3 rings (SSSR count). The molecule has 1 fully saturated rings. The van der Waals surface area contributed by atoms with Crippen LogP contribution in [0.5, 0.6) is 0 Å². The van der Waals surface area contributed by atoms with Crippen LogP contribution in [0.4, 0.5) is 13.2 Å². The average Bonchev–Trinajstić information content (AvgIpc) is 3.12. The molecule has 1 aliphatic rings. The topological polar surface area (TPSA) is 64.7 Å². The third-order valence-corrected chi connectivity index (χ3v) is 4.13. The van der Waals surface area contributed by atoms with E-state index in [1.54, 1.807) is 16.9 Å². The lowest BCUT2D eigenvalue weighted by atomic mass is 10.2. The second kappa shape index (κ2) is 6.89. The first-order valence-electron chi connectivity index (χ1n) is 8.35. The minimum atomic E-state index is -4.43. The lowest BCUT2D eigenvalue weighted by Gasteiger charge is -2.07. The van der Waals surface area contributed by atoms with E-state index in [0.29, 0.717) is 37.4 Å². The molecule has 1 amide bonds. The van der Waals surface area contributed by atoms with Gasteiger partial charge in [-0.05, 0) is 38.3 Å². The van der Waals surface area contributed by atoms with E-state index in [1.807, 2.05) is 6.92 Å². The Bertz CT molecular complexity index is 745. The van der Waals surface area contributed by atoms with Crippen LogP contribution in [0.15, 0.2) is 18.3 Å². The van der Waals surface area contributed by atoms with Crippen LogP contribution in [-0.4, -0.2) is 32.0 Å². The molecule has 1 N–H and O–H groups in total. The molecule has 25 heavy (non-hydrogen) atoms. The maximum atomic E-state index is 12.8. The second-order valence-electron chi connectivity index (χ2n) is 6.12. The summed E-state index contributed by atoms with van der Waals surface area (Å²) >= 11 is 0. The zero-order chi connectivity index (χ0) is 18.0. The Balaban J connectivity index is 1.53. The van der Waals surface area contributed by atoms with E-state index in [0.717, 1.165) is 18.9 Å². The molecular weight excluding hydrogens is 335 g/mol. The average molecular weight is 355 g/mol. The monoisotopic (exact) mass is 355 g/mol. The summed E-state index contributed by atoms with van der Waals surface area (Å²) in [5.74, 6) is -0.109. The lowest BCUT2D eigenvalue weighted by Crippen LogP contribution is -2.26. The van der Waals surface area contributed by atoms with Crippen molar-refractivity contribution in [3.63, 3.8) is 0 Å². The van der Waals surface area contributed by atoms with E-state index < -0.39 is 11.9 Å². The Morgan fingerprint density at radius 3 is 2.72 bits per heavy atom. The molecule has 0 aliphatic heterocycles. The molecule has 2 aromatic rings. The number of hydrogen-bond acceptors (Lipinski definition) is 3. The van der Waals surface area contributed by atoms with Crippen molar-refractivity contribution < 1.29 is 18.0 Å². The number of aromatic nitrogens is 4. The Morgan fingerprint density at radius 1 is 1.36 bits per heavy atom. The SMILES string of the molecule is CCn1ccc(C(=O)NCCCn2nc(C(F)(F)F)cc2C2CC2)n1. The quantitative estimate of drug-likeness (QED) is 0.777. The number of amides is 1. The number of halogens is 3. The van der Waals surface area contributed by atoms with E-state index >= 15 is 0 Å². The first kappa shape index (κ1) is 17.5. The summed E-state index contributed by atoms with van der Waals surface area (Å²) < 4.78 is 41.6. The van der Waals surface area contributed by atoms with Crippen molar-refractivity contribution in [3.8, 4) is 0 Å². The van der Waals surface area contributed by atoms with E-state index in [4.69, 9.17) is 0 Å². The minimum absolute atomic E-state index is 0.177. The zero-order valence-electron chi connectivity index (χ0n) is 13.9. The van der Waals surface area contributed by atoms with Gasteiger partial charge in [-0.1, -0.05) is 0 Å². The highest BCUT2D eigenvalue weighted by Crippen LogP contribution is 2.42. The molecule has 9 heteroatoms. The highest BCUT2D eigenvalue weighted by molar-refractivity contribution is 5.92. The van der Waals surface area contributed by atoms with E-state index in [9.17, 15) is 18.0 Å². The molecule has 1 aliphatic carbocycles. The fourth-order valence-electron chi connectivity index (χ4n) is 2.64. The predicted octanol–water partition coefficient (Wildman–Crippen LogP) is 2.82. The van der Waals surface area contributed by atoms with Crippen LogP contribution in [-0.2, 0) is 19.3 Å². The number of nitrogens with one attached hydrogen (secondary N) is 1. The summed E-state index contributed by atoms with van der Waals surface area (Å²) in [7, 11) is 0. The number of rotatable bonds is 7. The van der Waals surface area contributed by atoms with E-state index in [1.165, 1.54) is 4.68 Å². The van der Waals surface area contributed by atoms with Crippen LogP contribution in [0, 0.1) is 0 Å². The molecule has 136 valence electrons. The summed E-state index contributed by atoms with van der Waals surface area (Å²) in [4.78, 5) is 11.9. The molecule has 0 aromatic carbocycles. The van der Waals surface area contributed by atoms with Crippen molar-refractivity contribution in [3.05, 3.63) is 35.4 Å². The third kappa shape index (κ3) is 4.21. The Hall–Kier alpha value is -2.32. The van der Waals surface area contributed by atoms with Gasteiger partial charge in [-0.15, -0.1) is 0 Å². The number of alkyl halides is 3. The number of aryl methyl sites for hydroxylation is 2. The molecule has 6 nitrogen and oxygen atoms in total. The smallest absolute Gasteiger partial charge is 0.351 e. The maximum absolute atomic E-state index is 12.8. The normalized spacial score (nSPS) is 14.7. The van der Waals surface area contributed by atoms with Crippen LogP contribution < -0.4 is 5.32 Å². The first-order chi connectivity index (χ1) is 11.9. The van der Waals surface area contributed by atoms with Gasteiger partial charge < -0.3 is 5.32 Å². The maximum Gasteiger partial charge on any atom is 0.435 e. The standard InChI is InChI=1S/C16H20F3N5O/c1-2-23-9-6-12(21-23)15(25)20-7-3-8-24-13(11-4-5-11)10-14(22-24)16(17,18)19/h6,9-11H,2-5,7-8H2,1H3,(H,20,25). The molecule has 0 atom stereocenters. The molecule has 2 aromatic heterocycles. The first-order valence-corrected chi connectivity index (χ1v) is 8.35. The van der Waals surface area contributed by atoms with Gasteiger partial charge in [0.25, 0.3) is 5.91 Å². The molecule has 2 heterocycles. The summed E-state index contributed by atoms with van der Waals surface area (Å²) in [6.07, 6.45) is -0.404. The van der Waals surface area contributed by atoms with Crippen LogP contribution >= 0.6 is 0 Å². The van der Waals surface area contributed by atoms with Crippen molar-refractivity contribution >= 4 is 5.91 Å². The Morgan fingerprint density at radius 2 is 2.12 bits per heavy atom. The molecule has 0 radical (unpaired) electrons. The number of hydrogen-bond donors (Lipinski definition) is 1. The predicted molar refractivity (Wildman–Crippen MR) is 84.1 cm³/mol. The highest BCUT2D eigenvalue weighted by atomic mass is 19.4. The van der Waals surface area contributed by atoms with Gasteiger partial charge in [-0.3, -0.25) is 14.2 Å². The van der Waals surface area contributed by atoms with Crippen molar-refractivity contribution in [1.29, 1.82) is 0 Å². The summed E-state index contributed by atoms with van der Waals surface area (Å²) in [5, 5.41) is 10.5. The van der Waals surface area contributed by atoms with Crippen LogP contribution in [0.25, 0.3) is 0 Å². The number of nitrogens with zero attached hydrogens (tertiary/aromatic N) is 4. The van der Waals surface area contributed by atoms with Gasteiger partial charge in [0.15, 0.2) is 5.69 Å². The van der Waals surface area contributed by atoms with Crippen LogP contribution in [0.1, 0.15) is 54.0 Å². The van der Waals surface area contributed by atoms with Crippen molar-refractivity contribution in [2.75, 3.05) is 6.54 Å². The van der Waals surface area contributed by atoms with E-state index in [2.05, 4.69) is 15.5 Å². The van der Waals surface area contributed by atoms with Gasteiger partial charge in [0.05, 0.1) is 0 Å². The molecule has 1 saturated carbocycles. The number of carbonyl (C=O) groups excluding carboxylic acids is 1. The van der Waals surface area contributed by atoms with Crippen molar-refractivity contribution in [2.45, 2.75) is 51.4 Å². The van der Waals surface area contributed by atoms with Crippen molar-refractivity contribution in [2.24, 2.45) is 0 Å². The van der Waals surface area contributed by atoms with Gasteiger partial charge in [0.1, 0.15) is 5.69 Å². The Kier molecular flexibility index (Phi) is 4.82. The summed E-state index contributed by atoms with van der Waals surface area (Å²) in [6.45, 7) is 3.29. The molecule has 0 bridgehead atoms. The van der Waals surface area contributed by atoms with Gasteiger partial charge in [0, 0.05) is 37.4 Å². The largest absolute Gasteiger partial charge is 0.435 e. The number of carbonyl (C=O) groups is 1. The van der Waals surface area contributed by atoms with Crippen LogP contribution in [0.2, 0.25) is 0 Å². The third-order valence-electron chi connectivity index (χ3n) is 4.13. The van der Waals surface area contributed by atoms with Crippen LogP contribution in [0.3, 0.4) is 0 Å². The minimum Gasteiger partial charge on any atom is -0.351 e. The van der Waals surface area contributed by atoms with Gasteiger partial charge in [0.2, 0.25) is 0 Å². The molecule has 0 unspecified atom stereocenters. The van der Waals surface area contributed by atoms with Gasteiger partial charge >= 0.3 is 6.18 Å². The molecule has 0 spiro atoms. The molecular formula is C16H20F3N5O. The fourth-order valence-corrected chi connectivity index (χ4v) is 2.64. The highest BCUT2D eigenvalue weighted by Gasteiger charge is 2.37. The fraction of sp³-hybridized carbons (Fsp3) is 0.562. The zero-order valence-corrected chi connectivity index (χ0v) is 13.9. The summed E-state index contributed by atoms with van der Waals surface area (Å²) in [5.41, 5.74) is 0.128. The summed E-state index contributed by atoms with van der Waals surface area (Å²) in [6, 6.07) is 2.78. The van der Waals surface area contributed by atoms with Gasteiger partial charge in [-0.25, -0.2) is 0 Å². The van der Waals surface area contributed by atoms with E-state index in [-0.39, 0.29) is 11.8 Å². The molecule has 0 saturated heterocycles. The second-order valence-corrected chi connectivity index (χ2v) is 6.12.